The molecule has 0 aliphatic carbocycles. The van der Waals surface area contributed by atoms with Crippen molar-refractivity contribution in [3.63, 3.8) is 0 Å². The van der Waals surface area contributed by atoms with E-state index in [-0.39, 0.29) is 17.6 Å². The topological polar surface area (TPSA) is 68.3 Å². The number of hydrogen-bond donors (Lipinski definition) is 1. The molecule has 25 heavy (non-hydrogen) atoms. The van der Waals surface area contributed by atoms with E-state index in [2.05, 4.69) is 16.9 Å². The summed E-state index contributed by atoms with van der Waals surface area (Å²) in [7, 11) is 1.47. The second kappa shape index (κ2) is 8.06. The number of rotatable bonds is 6. The highest BCUT2D eigenvalue weighted by molar-refractivity contribution is 6.06. The maximum atomic E-state index is 12.2. The number of methoxy groups -OCH3 is 1. The zero-order valence-electron chi connectivity index (χ0n) is 14.5. The highest BCUT2D eigenvalue weighted by atomic mass is 16.5. The molecule has 0 radical (unpaired) electrons. The van der Waals surface area contributed by atoms with Gasteiger partial charge in [-0.1, -0.05) is 24.8 Å². The van der Waals surface area contributed by atoms with Gasteiger partial charge in [-0.25, -0.2) is 4.98 Å². The van der Waals surface area contributed by atoms with E-state index in [4.69, 9.17) is 4.74 Å². The smallest absolute Gasteiger partial charge is 0.255 e. The fraction of sp³-hybridized carbons (Fsp3) is 0.150. The Kier molecular flexibility index (Phi) is 5.84. The van der Waals surface area contributed by atoms with Crippen molar-refractivity contribution in [3.8, 4) is 5.88 Å². The number of pyridine rings is 1. The number of allylic oxidation sites excluding steroid dienone is 1. The number of nitrogens with one attached hydrogen (secondary N) is 1. The highest BCUT2D eigenvalue weighted by Gasteiger charge is 2.12. The summed E-state index contributed by atoms with van der Waals surface area (Å²) in [4.78, 5) is 28.1. The molecule has 1 aromatic heterocycles. The van der Waals surface area contributed by atoms with Crippen LogP contribution in [0.2, 0.25) is 0 Å². The lowest BCUT2D eigenvalue weighted by atomic mass is 10.0. The summed E-state index contributed by atoms with van der Waals surface area (Å²) in [5, 5.41) is 2.77. The minimum Gasteiger partial charge on any atom is -0.480 e. The summed E-state index contributed by atoms with van der Waals surface area (Å²) in [5.41, 5.74) is 2.89. The Hall–Kier alpha value is -3.21. The summed E-state index contributed by atoms with van der Waals surface area (Å²) in [6.07, 6.45) is 3.26. The monoisotopic (exact) mass is 336 g/mol. The zero-order chi connectivity index (χ0) is 18.4. The number of anilines is 1. The first kappa shape index (κ1) is 18.1. The third-order valence-electron chi connectivity index (χ3n) is 3.59. The molecule has 0 saturated heterocycles. The van der Waals surface area contributed by atoms with Gasteiger partial charge >= 0.3 is 0 Å². The fourth-order valence-corrected chi connectivity index (χ4v) is 2.23. The molecule has 0 aliphatic heterocycles. The van der Waals surface area contributed by atoms with Crippen LogP contribution in [-0.4, -0.2) is 23.8 Å². The van der Waals surface area contributed by atoms with Crippen molar-refractivity contribution in [2.24, 2.45) is 0 Å². The van der Waals surface area contributed by atoms with Gasteiger partial charge in [-0.3, -0.25) is 9.59 Å². The van der Waals surface area contributed by atoms with Crippen molar-refractivity contribution in [1.82, 2.24) is 4.98 Å². The maximum absolute atomic E-state index is 12.2. The molecule has 0 aliphatic rings. The predicted octanol–water partition coefficient (Wildman–Crippen LogP) is 3.89. The number of hydrogen-bond acceptors (Lipinski definition) is 4. The van der Waals surface area contributed by atoms with Gasteiger partial charge in [0.25, 0.3) is 5.91 Å². The van der Waals surface area contributed by atoms with Crippen LogP contribution in [0.1, 0.15) is 29.8 Å². The molecule has 0 unspecified atom stereocenters. The molecule has 0 bridgehead atoms. The Balaban J connectivity index is 2.20. The van der Waals surface area contributed by atoms with E-state index in [1.54, 1.807) is 30.5 Å². The Morgan fingerprint density at radius 3 is 2.48 bits per heavy atom. The lowest BCUT2D eigenvalue weighted by Gasteiger charge is -2.09. The Labute approximate surface area is 147 Å². The van der Waals surface area contributed by atoms with Crippen LogP contribution in [0, 0.1) is 0 Å². The first-order valence-electron chi connectivity index (χ1n) is 7.71. The van der Waals surface area contributed by atoms with Crippen LogP contribution < -0.4 is 10.1 Å². The summed E-state index contributed by atoms with van der Waals surface area (Å²) in [6, 6.07) is 10.8. The molecule has 0 spiro atoms. The van der Waals surface area contributed by atoms with E-state index in [0.29, 0.717) is 16.8 Å². The fourth-order valence-electron chi connectivity index (χ4n) is 2.23. The number of amides is 1. The molecule has 1 aromatic carbocycles. The summed E-state index contributed by atoms with van der Waals surface area (Å²) in [6.45, 7) is 7.09. The lowest BCUT2D eigenvalue weighted by Crippen LogP contribution is -2.12. The standard InChI is InChI=1S/C20H20N2O3/c1-13(16-11-18(15(3)23)20(25-4)21-12-16)10-14(2)19(24)22-17-8-6-5-7-9-17/h5-12H,2H2,1,3-4H3,(H,22,24)/b13-10+. The van der Waals surface area contributed by atoms with E-state index in [1.807, 2.05) is 25.1 Å². The van der Waals surface area contributed by atoms with Crippen molar-refractivity contribution in [2.75, 3.05) is 12.4 Å². The quantitative estimate of drug-likeness (QED) is 0.494. The molecule has 2 rings (SSSR count). The molecule has 2 aromatic rings. The van der Waals surface area contributed by atoms with Crippen LogP contribution in [0.25, 0.3) is 5.57 Å². The van der Waals surface area contributed by atoms with Crippen molar-refractivity contribution >= 4 is 23.0 Å². The molecule has 1 heterocycles. The van der Waals surface area contributed by atoms with Gasteiger partial charge in [0.2, 0.25) is 5.88 Å². The SMILES string of the molecule is C=C(/C=C(\C)c1cnc(OC)c(C(C)=O)c1)C(=O)Nc1ccccc1. The lowest BCUT2D eigenvalue weighted by molar-refractivity contribution is -0.112. The van der Waals surface area contributed by atoms with Gasteiger partial charge in [0.15, 0.2) is 5.78 Å². The van der Waals surface area contributed by atoms with Crippen molar-refractivity contribution in [3.05, 3.63) is 72.0 Å². The zero-order valence-corrected chi connectivity index (χ0v) is 14.5. The number of ether oxygens (including phenoxy) is 1. The van der Waals surface area contributed by atoms with Crippen LogP contribution in [0.5, 0.6) is 5.88 Å². The van der Waals surface area contributed by atoms with Gasteiger partial charge in [-0.15, -0.1) is 0 Å². The van der Waals surface area contributed by atoms with Crippen LogP contribution in [0.15, 0.2) is 60.8 Å². The average Bonchev–Trinajstić information content (AvgIpc) is 2.61. The first-order valence-corrected chi connectivity index (χ1v) is 7.71. The maximum Gasteiger partial charge on any atom is 0.255 e. The van der Waals surface area contributed by atoms with Crippen molar-refractivity contribution in [1.29, 1.82) is 0 Å². The molecule has 128 valence electrons. The Morgan fingerprint density at radius 2 is 1.88 bits per heavy atom. The predicted molar refractivity (Wildman–Crippen MR) is 98.7 cm³/mol. The van der Waals surface area contributed by atoms with Crippen LogP contribution in [0.3, 0.4) is 0 Å². The Bertz CT molecular complexity index is 839. The third-order valence-corrected chi connectivity index (χ3v) is 3.59. The number of benzene rings is 1. The number of ketones is 1. The molecule has 0 atom stereocenters. The van der Waals surface area contributed by atoms with E-state index >= 15 is 0 Å². The number of carbonyl (C=O) groups is 2. The largest absolute Gasteiger partial charge is 0.480 e. The van der Waals surface area contributed by atoms with Gasteiger partial charge in [0, 0.05) is 17.5 Å². The van der Waals surface area contributed by atoms with Gasteiger partial charge in [-0.2, -0.15) is 0 Å². The molecule has 1 N–H and O–H groups in total. The van der Waals surface area contributed by atoms with Gasteiger partial charge in [-0.05, 0) is 49.3 Å². The van der Waals surface area contributed by atoms with E-state index in [1.165, 1.54) is 14.0 Å². The number of Topliss-reactive ketones (excluding diaryl/α,β-unsaturated/α-hetero) is 1. The third kappa shape index (κ3) is 4.64. The number of carbonyl (C=O) groups excluding carboxylic acids is 2. The highest BCUT2D eigenvalue weighted by Crippen LogP contribution is 2.22. The number of para-hydroxylation sites is 1. The minimum atomic E-state index is -0.293. The summed E-state index contributed by atoms with van der Waals surface area (Å²) < 4.78 is 5.09. The first-order chi connectivity index (χ1) is 11.9. The van der Waals surface area contributed by atoms with Gasteiger partial charge in [0.1, 0.15) is 0 Å². The average molecular weight is 336 g/mol. The molecule has 1 amide bonds. The van der Waals surface area contributed by atoms with Crippen LogP contribution >= 0.6 is 0 Å². The molecular weight excluding hydrogens is 316 g/mol. The molecule has 5 heteroatoms. The van der Waals surface area contributed by atoms with Crippen LogP contribution in [0.4, 0.5) is 5.69 Å². The number of nitrogens with zero attached hydrogens (tertiary/aromatic N) is 1. The van der Waals surface area contributed by atoms with E-state index in [9.17, 15) is 9.59 Å². The second-order valence-corrected chi connectivity index (χ2v) is 5.51. The van der Waals surface area contributed by atoms with Crippen molar-refractivity contribution < 1.29 is 14.3 Å². The second-order valence-electron chi connectivity index (χ2n) is 5.51. The molecular formula is C20H20N2O3. The van der Waals surface area contributed by atoms with Gasteiger partial charge in [0.05, 0.1) is 12.7 Å². The minimum absolute atomic E-state index is 0.139. The molecule has 0 fully saturated rings. The molecule has 5 nitrogen and oxygen atoms in total. The van der Waals surface area contributed by atoms with Gasteiger partial charge < -0.3 is 10.1 Å². The van der Waals surface area contributed by atoms with E-state index in [0.717, 1.165) is 11.1 Å². The summed E-state index contributed by atoms with van der Waals surface area (Å²) in [5.74, 6) is -0.150. The van der Waals surface area contributed by atoms with E-state index < -0.39 is 0 Å². The van der Waals surface area contributed by atoms with Crippen LogP contribution in [-0.2, 0) is 4.79 Å². The number of aromatic nitrogens is 1. The van der Waals surface area contributed by atoms with Crippen molar-refractivity contribution in [2.45, 2.75) is 13.8 Å². The normalized spacial score (nSPS) is 10.9. The summed E-state index contributed by atoms with van der Waals surface area (Å²) >= 11 is 0. The Morgan fingerprint density at radius 1 is 1.20 bits per heavy atom. The molecule has 0 saturated carbocycles.